The van der Waals surface area contributed by atoms with Gasteiger partial charge < -0.3 is 4.57 Å². The van der Waals surface area contributed by atoms with Gasteiger partial charge in [0.2, 0.25) is 0 Å². The van der Waals surface area contributed by atoms with Crippen LogP contribution in [0.3, 0.4) is 0 Å². The maximum Gasteiger partial charge on any atom is 0.196 e. The predicted molar refractivity (Wildman–Crippen MR) is 53.9 cm³/mol. The van der Waals surface area contributed by atoms with E-state index in [2.05, 4.69) is 4.85 Å². The summed E-state index contributed by atoms with van der Waals surface area (Å²) in [4.78, 5) is 3.36. The highest BCUT2D eigenvalue weighted by molar-refractivity contribution is 5.94. The Morgan fingerprint density at radius 2 is 2.14 bits per heavy atom. The molecule has 0 aliphatic rings. The largest absolute Gasteiger partial charge is 0.347 e. The fourth-order valence-corrected chi connectivity index (χ4v) is 1.63. The fourth-order valence-electron chi connectivity index (χ4n) is 1.63. The van der Waals surface area contributed by atoms with E-state index in [0.717, 1.165) is 5.69 Å². The number of nitrogens with zero attached hydrogens (tertiary/aromatic N) is 2. The lowest BCUT2D eigenvalue weighted by Crippen LogP contribution is -1.91. The highest BCUT2D eigenvalue weighted by atomic mass is 19.1. The number of halogens is 1. The molecular weight excluding hydrogens is 179 g/mol. The van der Waals surface area contributed by atoms with Crippen molar-refractivity contribution in [2.45, 2.75) is 6.92 Å². The van der Waals surface area contributed by atoms with Gasteiger partial charge in [-0.05, 0) is 19.1 Å². The van der Waals surface area contributed by atoms with Crippen molar-refractivity contribution in [2.75, 3.05) is 0 Å². The first-order valence-corrected chi connectivity index (χ1v) is 4.27. The Bertz CT molecular complexity index is 546. The summed E-state index contributed by atoms with van der Waals surface area (Å²) in [6.07, 6.45) is 0. The molecule has 0 saturated heterocycles. The van der Waals surface area contributed by atoms with Gasteiger partial charge in [0.25, 0.3) is 0 Å². The average Bonchev–Trinajstić information content (AvgIpc) is 2.45. The molecule has 14 heavy (non-hydrogen) atoms. The summed E-state index contributed by atoms with van der Waals surface area (Å²) in [5, 5.41) is 0.694. The van der Waals surface area contributed by atoms with Gasteiger partial charge in [0, 0.05) is 18.1 Å². The molecule has 0 N–H and O–H groups in total. The second-order valence-corrected chi connectivity index (χ2v) is 3.29. The van der Waals surface area contributed by atoms with Gasteiger partial charge in [-0.1, -0.05) is 6.07 Å². The van der Waals surface area contributed by atoms with Crippen molar-refractivity contribution in [1.82, 2.24) is 4.57 Å². The minimum Gasteiger partial charge on any atom is -0.347 e. The molecule has 0 atom stereocenters. The molecule has 2 rings (SSSR count). The Kier molecular flexibility index (Phi) is 1.78. The van der Waals surface area contributed by atoms with Crippen LogP contribution in [0.2, 0.25) is 0 Å². The minimum absolute atomic E-state index is 0.275. The van der Waals surface area contributed by atoms with E-state index in [4.69, 9.17) is 6.57 Å². The van der Waals surface area contributed by atoms with Crippen LogP contribution >= 0.6 is 0 Å². The van der Waals surface area contributed by atoms with Gasteiger partial charge in [-0.2, -0.15) is 0 Å². The van der Waals surface area contributed by atoms with Crippen LogP contribution in [0.5, 0.6) is 0 Å². The molecule has 0 spiro atoms. The second kappa shape index (κ2) is 2.85. The molecule has 70 valence electrons. The third kappa shape index (κ3) is 1.01. The Labute approximate surface area is 81.4 Å². The average molecular weight is 188 g/mol. The summed E-state index contributed by atoms with van der Waals surface area (Å²) in [6.45, 7) is 8.87. The monoisotopic (exact) mass is 188 g/mol. The van der Waals surface area contributed by atoms with Crippen molar-refractivity contribution < 1.29 is 4.39 Å². The predicted octanol–water partition coefficient (Wildman–Crippen LogP) is 3.18. The summed E-state index contributed by atoms with van der Waals surface area (Å²) in [5.74, 6) is -0.275. The molecule has 1 aromatic carbocycles. The van der Waals surface area contributed by atoms with E-state index in [0.29, 0.717) is 16.6 Å². The standard InChI is InChI=1S/C11H9FN2/c1-7-6-8-10(13-2)5-4-9(12)11(8)14(7)3/h4-6H,1,3H3. The highest BCUT2D eigenvalue weighted by Gasteiger charge is 2.10. The topological polar surface area (TPSA) is 9.29 Å². The molecule has 0 aliphatic carbocycles. The molecule has 1 heterocycles. The van der Waals surface area contributed by atoms with Crippen LogP contribution in [0, 0.1) is 19.3 Å². The molecule has 0 saturated carbocycles. The van der Waals surface area contributed by atoms with Crippen molar-refractivity contribution >= 4 is 16.6 Å². The van der Waals surface area contributed by atoms with Crippen LogP contribution in [0.15, 0.2) is 18.2 Å². The van der Waals surface area contributed by atoms with E-state index in [1.165, 1.54) is 12.1 Å². The summed E-state index contributed by atoms with van der Waals surface area (Å²) >= 11 is 0. The molecule has 0 unspecified atom stereocenters. The Hall–Kier alpha value is -1.82. The molecule has 1 aromatic heterocycles. The van der Waals surface area contributed by atoms with Crippen LogP contribution in [0.4, 0.5) is 10.1 Å². The molecular formula is C11H9FN2. The lowest BCUT2D eigenvalue weighted by Gasteiger charge is -2.00. The third-order valence-electron chi connectivity index (χ3n) is 2.48. The fraction of sp³-hybridized carbons (Fsp3) is 0.182. The Morgan fingerprint density at radius 3 is 2.79 bits per heavy atom. The van der Waals surface area contributed by atoms with E-state index in [-0.39, 0.29) is 5.82 Å². The maximum absolute atomic E-state index is 13.5. The lowest BCUT2D eigenvalue weighted by atomic mass is 10.2. The minimum atomic E-state index is -0.275. The molecule has 0 radical (unpaired) electrons. The van der Waals surface area contributed by atoms with Crippen molar-refractivity contribution in [3.63, 3.8) is 0 Å². The van der Waals surface area contributed by atoms with E-state index >= 15 is 0 Å². The first-order chi connectivity index (χ1) is 6.65. The molecule has 3 heteroatoms. The number of fused-ring (bicyclic) bond motifs is 1. The van der Waals surface area contributed by atoms with Crippen molar-refractivity contribution in [1.29, 1.82) is 0 Å². The molecule has 0 amide bonds. The summed E-state index contributed by atoms with van der Waals surface area (Å²) in [7, 11) is 1.80. The molecule has 2 aromatic rings. The van der Waals surface area contributed by atoms with Crippen molar-refractivity contribution in [2.24, 2.45) is 7.05 Å². The van der Waals surface area contributed by atoms with E-state index in [1.807, 2.05) is 13.0 Å². The van der Waals surface area contributed by atoms with E-state index in [1.54, 1.807) is 11.6 Å². The van der Waals surface area contributed by atoms with Gasteiger partial charge in [0.15, 0.2) is 5.69 Å². The zero-order chi connectivity index (χ0) is 10.3. The first-order valence-electron chi connectivity index (χ1n) is 4.27. The van der Waals surface area contributed by atoms with Gasteiger partial charge in [-0.15, -0.1) is 0 Å². The highest BCUT2D eigenvalue weighted by Crippen LogP contribution is 2.30. The van der Waals surface area contributed by atoms with Crippen LogP contribution in [0.1, 0.15) is 5.69 Å². The quantitative estimate of drug-likeness (QED) is 0.562. The Morgan fingerprint density at radius 1 is 1.43 bits per heavy atom. The van der Waals surface area contributed by atoms with Gasteiger partial charge in [-0.3, -0.25) is 0 Å². The zero-order valence-corrected chi connectivity index (χ0v) is 8.00. The summed E-state index contributed by atoms with van der Waals surface area (Å²) in [5.41, 5.74) is 1.97. The number of hydrogen-bond donors (Lipinski definition) is 0. The van der Waals surface area contributed by atoms with Crippen molar-refractivity contribution in [3.8, 4) is 0 Å². The van der Waals surface area contributed by atoms with Crippen LogP contribution in [-0.4, -0.2) is 4.57 Å². The number of hydrogen-bond acceptors (Lipinski definition) is 0. The molecule has 0 aliphatic heterocycles. The van der Waals surface area contributed by atoms with Crippen molar-refractivity contribution in [3.05, 3.63) is 41.1 Å². The number of aromatic nitrogens is 1. The SMILES string of the molecule is [C-]#[N+]c1ccc(F)c2c1cc(C)n2C. The van der Waals surface area contributed by atoms with E-state index in [9.17, 15) is 4.39 Å². The summed E-state index contributed by atoms with van der Waals surface area (Å²) < 4.78 is 15.2. The second-order valence-electron chi connectivity index (χ2n) is 3.29. The number of aryl methyl sites for hydroxylation is 2. The maximum atomic E-state index is 13.5. The molecule has 0 fully saturated rings. The van der Waals surface area contributed by atoms with Gasteiger partial charge >= 0.3 is 0 Å². The number of rotatable bonds is 0. The lowest BCUT2D eigenvalue weighted by molar-refractivity contribution is 0.631. The third-order valence-corrected chi connectivity index (χ3v) is 2.48. The van der Waals surface area contributed by atoms with E-state index < -0.39 is 0 Å². The molecule has 0 bridgehead atoms. The van der Waals surface area contributed by atoms with Gasteiger partial charge in [0.05, 0.1) is 12.1 Å². The van der Waals surface area contributed by atoms with Gasteiger partial charge in [-0.25, -0.2) is 9.24 Å². The van der Waals surface area contributed by atoms with Crippen LogP contribution < -0.4 is 0 Å². The summed E-state index contributed by atoms with van der Waals surface area (Å²) in [6, 6.07) is 4.70. The Balaban J connectivity index is 3.00. The normalized spacial score (nSPS) is 10.4. The number of benzene rings is 1. The molecule has 2 nitrogen and oxygen atoms in total. The van der Waals surface area contributed by atoms with Crippen LogP contribution in [-0.2, 0) is 7.05 Å². The zero-order valence-electron chi connectivity index (χ0n) is 8.00. The smallest absolute Gasteiger partial charge is 0.196 e. The first kappa shape index (κ1) is 8.76. The van der Waals surface area contributed by atoms with Crippen LogP contribution in [0.25, 0.3) is 15.7 Å². The van der Waals surface area contributed by atoms with Gasteiger partial charge in [0.1, 0.15) is 5.82 Å².